The summed E-state index contributed by atoms with van der Waals surface area (Å²) in [7, 11) is 0. The van der Waals surface area contributed by atoms with Gasteiger partial charge in [0.2, 0.25) is 0 Å². The number of hydrogen-bond donors (Lipinski definition) is 1. The van der Waals surface area contributed by atoms with Crippen LogP contribution in [-0.2, 0) is 24.2 Å². The highest BCUT2D eigenvalue weighted by Crippen LogP contribution is 2.36. The Labute approximate surface area is 181 Å². The van der Waals surface area contributed by atoms with Crippen molar-refractivity contribution in [3.05, 3.63) is 66.6 Å². The number of hydrogen-bond acceptors (Lipinski definition) is 7. The number of amides is 1. The first-order valence-electron chi connectivity index (χ1n) is 9.96. The van der Waals surface area contributed by atoms with Crippen LogP contribution >= 0.6 is 11.3 Å². The zero-order valence-corrected chi connectivity index (χ0v) is 18.2. The fourth-order valence-electron chi connectivity index (χ4n) is 3.64. The Morgan fingerprint density at radius 1 is 1.35 bits per heavy atom. The number of nitro benzene ring substituents is 1. The van der Waals surface area contributed by atoms with Gasteiger partial charge in [0.15, 0.2) is 0 Å². The number of fused-ring (bicyclic) bond motifs is 3. The average molecular weight is 442 g/mol. The van der Waals surface area contributed by atoms with Crippen LogP contribution in [0.2, 0.25) is 0 Å². The molecule has 1 aliphatic heterocycles. The molecule has 1 aromatic carbocycles. The summed E-state index contributed by atoms with van der Waals surface area (Å²) >= 11 is 1.46. The standard InChI is InChI=1S/C21H22N4O5S/c1-4-5-16-22-19-17(14-10-21(2,3)30-11-15(14)31-19)20(27)24(16)23-18(26)12-6-8-13(9-7-12)25(28)29/h6-9H,4-5,10-11H2,1-3H3,(H,23,26). The topological polar surface area (TPSA) is 116 Å². The third kappa shape index (κ3) is 3.96. The molecule has 0 aliphatic carbocycles. The number of benzene rings is 1. The number of thiophene rings is 1. The van der Waals surface area contributed by atoms with E-state index in [0.29, 0.717) is 35.5 Å². The van der Waals surface area contributed by atoms with Crippen LogP contribution in [0, 0.1) is 10.1 Å². The number of non-ortho nitro benzene ring substituents is 1. The summed E-state index contributed by atoms with van der Waals surface area (Å²) in [5, 5.41) is 11.4. The molecular weight excluding hydrogens is 420 g/mol. The molecule has 1 amide bonds. The molecule has 31 heavy (non-hydrogen) atoms. The molecule has 0 unspecified atom stereocenters. The lowest BCUT2D eigenvalue weighted by Crippen LogP contribution is -2.37. The lowest BCUT2D eigenvalue weighted by atomic mass is 9.94. The summed E-state index contributed by atoms with van der Waals surface area (Å²) in [4.78, 5) is 42.9. The minimum atomic E-state index is -0.539. The Morgan fingerprint density at radius 2 is 2.06 bits per heavy atom. The second-order valence-electron chi connectivity index (χ2n) is 8.07. The van der Waals surface area contributed by atoms with Crippen LogP contribution in [0.1, 0.15) is 53.8 Å². The lowest BCUT2D eigenvalue weighted by molar-refractivity contribution is -0.384. The van der Waals surface area contributed by atoms with Gasteiger partial charge in [0, 0.05) is 35.4 Å². The van der Waals surface area contributed by atoms with Crippen LogP contribution < -0.4 is 11.0 Å². The van der Waals surface area contributed by atoms with E-state index in [9.17, 15) is 19.7 Å². The second-order valence-corrected chi connectivity index (χ2v) is 9.16. The van der Waals surface area contributed by atoms with Gasteiger partial charge in [-0.05, 0) is 38.0 Å². The van der Waals surface area contributed by atoms with E-state index >= 15 is 0 Å². The van der Waals surface area contributed by atoms with Crippen LogP contribution in [0.3, 0.4) is 0 Å². The molecule has 4 rings (SSSR count). The molecule has 0 saturated carbocycles. The first kappa shape index (κ1) is 21.1. The molecule has 0 bridgehead atoms. The van der Waals surface area contributed by atoms with Crippen molar-refractivity contribution in [3.8, 4) is 0 Å². The molecule has 9 nitrogen and oxygen atoms in total. The van der Waals surface area contributed by atoms with Gasteiger partial charge in [-0.25, -0.2) is 9.66 Å². The third-order valence-corrected chi connectivity index (χ3v) is 6.30. The lowest BCUT2D eigenvalue weighted by Gasteiger charge is -2.29. The van der Waals surface area contributed by atoms with Crippen molar-refractivity contribution in [2.45, 2.75) is 52.2 Å². The molecule has 162 valence electrons. The number of ether oxygens (including phenoxy) is 1. The minimum Gasteiger partial charge on any atom is -0.370 e. The molecule has 0 fully saturated rings. The van der Waals surface area contributed by atoms with Crippen molar-refractivity contribution in [3.63, 3.8) is 0 Å². The van der Waals surface area contributed by atoms with E-state index in [1.54, 1.807) is 0 Å². The number of nitrogens with zero attached hydrogens (tertiary/aromatic N) is 3. The Morgan fingerprint density at radius 3 is 2.71 bits per heavy atom. The molecule has 0 atom stereocenters. The average Bonchev–Trinajstić information content (AvgIpc) is 3.07. The van der Waals surface area contributed by atoms with Crippen LogP contribution in [0.15, 0.2) is 29.1 Å². The van der Waals surface area contributed by atoms with Crippen LogP contribution in [0.25, 0.3) is 10.2 Å². The summed E-state index contributed by atoms with van der Waals surface area (Å²) in [6, 6.07) is 5.22. The van der Waals surface area contributed by atoms with Crippen molar-refractivity contribution < 1.29 is 14.5 Å². The first-order valence-corrected chi connectivity index (χ1v) is 10.8. The Balaban J connectivity index is 1.78. The molecule has 10 heteroatoms. The maximum Gasteiger partial charge on any atom is 0.281 e. The maximum absolute atomic E-state index is 13.5. The summed E-state index contributed by atoms with van der Waals surface area (Å²) in [5.74, 6) is -0.0719. The summed E-state index contributed by atoms with van der Waals surface area (Å²) in [5.41, 5.74) is 2.96. The summed E-state index contributed by atoms with van der Waals surface area (Å²) in [6.45, 7) is 6.36. The molecule has 1 aliphatic rings. The number of carbonyl (C=O) groups excluding carboxylic acids is 1. The minimum absolute atomic E-state index is 0.113. The van der Waals surface area contributed by atoms with E-state index in [1.807, 2.05) is 20.8 Å². The van der Waals surface area contributed by atoms with Gasteiger partial charge in [-0.2, -0.15) is 0 Å². The molecule has 1 N–H and O–H groups in total. The van der Waals surface area contributed by atoms with Gasteiger partial charge < -0.3 is 4.74 Å². The van der Waals surface area contributed by atoms with Crippen molar-refractivity contribution >= 4 is 33.1 Å². The molecule has 0 saturated heterocycles. The van der Waals surface area contributed by atoms with Crippen molar-refractivity contribution in [2.75, 3.05) is 5.43 Å². The van der Waals surface area contributed by atoms with Gasteiger partial charge >= 0.3 is 0 Å². The highest BCUT2D eigenvalue weighted by molar-refractivity contribution is 7.18. The molecule has 3 heterocycles. The third-order valence-electron chi connectivity index (χ3n) is 5.20. The zero-order chi connectivity index (χ0) is 22.3. The quantitative estimate of drug-likeness (QED) is 0.477. The van der Waals surface area contributed by atoms with Gasteiger partial charge in [-0.3, -0.25) is 25.1 Å². The van der Waals surface area contributed by atoms with E-state index in [4.69, 9.17) is 4.74 Å². The van der Waals surface area contributed by atoms with E-state index in [2.05, 4.69) is 10.4 Å². The van der Waals surface area contributed by atoms with Gasteiger partial charge in [-0.1, -0.05) is 6.92 Å². The predicted molar refractivity (Wildman–Crippen MR) is 117 cm³/mol. The predicted octanol–water partition coefficient (Wildman–Crippen LogP) is 3.55. The van der Waals surface area contributed by atoms with Crippen molar-refractivity contribution in [1.29, 1.82) is 0 Å². The second kappa shape index (κ2) is 7.86. The number of aryl methyl sites for hydroxylation is 1. The largest absolute Gasteiger partial charge is 0.370 e. The van der Waals surface area contributed by atoms with Gasteiger partial charge in [0.25, 0.3) is 17.2 Å². The number of aromatic nitrogens is 2. The van der Waals surface area contributed by atoms with Gasteiger partial charge in [0.05, 0.1) is 22.5 Å². The van der Waals surface area contributed by atoms with Gasteiger partial charge in [-0.15, -0.1) is 11.3 Å². The fourth-order valence-corrected chi connectivity index (χ4v) is 4.75. The first-order chi connectivity index (χ1) is 14.7. The number of rotatable bonds is 5. The maximum atomic E-state index is 13.5. The highest BCUT2D eigenvalue weighted by Gasteiger charge is 2.31. The Hall–Kier alpha value is -3.11. The number of nitrogens with one attached hydrogen (secondary N) is 1. The molecule has 3 aromatic rings. The normalized spacial score (nSPS) is 14.9. The monoisotopic (exact) mass is 442 g/mol. The molecular formula is C21H22N4O5S. The zero-order valence-electron chi connectivity index (χ0n) is 17.4. The van der Waals surface area contributed by atoms with E-state index in [-0.39, 0.29) is 22.4 Å². The fraction of sp³-hybridized carbons (Fsp3) is 0.381. The molecule has 2 aromatic heterocycles. The van der Waals surface area contributed by atoms with Gasteiger partial charge in [0.1, 0.15) is 10.7 Å². The van der Waals surface area contributed by atoms with Crippen LogP contribution in [0.4, 0.5) is 5.69 Å². The number of nitro groups is 1. The Bertz CT molecular complexity index is 1240. The SMILES string of the molecule is CCCc1nc2sc3c(c2c(=O)n1NC(=O)c1ccc([N+](=O)[O-])cc1)CC(C)(C)OC3. The molecule has 0 radical (unpaired) electrons. The molecule has 0 spiro atoms. The van der Waals surface area contributed by atoms with Crippen molar-refractivity contribution in [2.24, 2.45) is 0 Å². The Kier molecular flexibility index (Phi) is 5.36. The van der Waals surface area contributed by atoms with E-state index in [1.165, 1.54) is 40.3 Å². The highest BCUT2D eigenvalue weighted by atomic mass is 32.1. The van der Waals surface area contributed by atoms with Crippen LogP contribution in [0.5, 0.6) is 0 Å². The van der Waals surface area contributed by atoms with E-state index < -0.39 is 10.8 Å². The summed E-state index contributed by atoms with van der Waals surface area (Å²) < 4.78 is 7.09. The van der Waals surface area contributed by atoms with Crippen LogP contribution in [-0.4, -0.2) is 26.1 Å². The summed E-state index contributed by atoms with van der Waals surface area (Å²) in [6.07, 6.45) is 1.84. The van der Waals surface area contributed by atoms with Crippen molar-refractivity contribution in [1.82, 2.24) is 9.66 Å². The van der Waals surface area contributed by atoms with E-state index in [0.717, 1.165) is 16.9 Å². The smallest absolute Gasteiger partial charge is 0.281 e. The number of carbonyl (C=O) groups is 1.